The molecule has 30 heavy (non-hydrogen) atoms. The zero-order valence-corrected chi connectivity index (χ0v) is 18.1. The Kier molecular flexibility index (Phi) is 7.71. The highest BCUT2D eigenvalue weighted by molar-refractivity contribution is 5.91. The van der Waals surface area contributed by atoms with Crippen LogP contribution in [0.3, 0.4) is 0 Å². The fourth-order valence-electron chi connectivity index (χ4n) is 3.43. The number of amides is 1. The first-order valence-corrected chi connectivity index (χ1v) is 10.6. The van der Waals surface area contributed by atoms with Gasteiger partial charge in [-0.1, -0.05) is 19.1 Å². The van der Waals surface area contributed by atoms with Crippen molar-refractivity contribution in [3.05, 3.63) is 53.7 Å². The van der Waals surface area contributed by atoms with Gasteiger partial charge in [-0.3, -0.25) is 4.79 Å². The number of benzene rings is 1. The third kappa shape index (κ3) is 5.99. The Morgan fingerprint density at radius 3 is 2.70 bits per heavy atom. The topological polar surface area (TPSA) is 63.7 Å². The lowest BCUT2D eigenvalue weighted by Crippen LogP contribution is -2.33. The highest BCUT2D eigenvalue weighted by Gasteiger charge is 2.16. The average Bonchev–Trinajstić information content (AvgIpc) is 2.78. The average molecular weight is 410 g/mol. The van der Waals surface area contributed by atoms with Crippen molar-refractivity contribution in [1.82, 2.24) is 10.3 Å². The molecule has 3 rings (SSSR count). The molecule has 1 N–H and O–H groups in total. The van der Waals surface area contributed by atoms with Crippen molar-refractivity contribution >= 4 is 17.8 Å². The number of piperidine rings is 1. The Labute approximate surface area is 178 Å². The van der Waals surface area contributed by atoms with Gasteiger partial charge in [0.25, 0.3) is 0 Å². The lowest BCUT2D eigenvalue weighted by molar-refractivity contribution is -0.116. The number of hydrogen-bond donors (Lipinski definition) is 1. The Morgan fingerprint density at radius 1 is 1.23 bits per heavy atom. The van der Waals surface area contributed by atoms with Gasteiger partial charge in [-0.2, -0.15) is 0 Å². The number of pyridine rings is 1. The van der Waals surface area contributed by atoms with Crippen molar-refractivity contribution in [1.29, 1.82) is 0 Å². The maximum Gasteiger partial charge on any atom is 0.244 e. The molecule has 0 unspecified atom stereocenters. The van der Waals surface area contributed by atoms with E-state index in [1.165, 1.54) is 18.9 Å². The van der Waals surface area contributed by atoms with Gasteiger partial charge in [0.15, 0.2) is 11.5 Å². The molecule has 1 saturated heterocycles. The second-order valence-electron chi connectivity index (χ2n) is 7.59. The van der Waals surface area contributed by atoms with E-state index in [2.05, 4.69) is 22.1 Å². The van der Waals surface area contributed by atoms with Crippen molar-refractivity contribution in [2.24, 2.45) is 5.92 Å². The number of ether oxygens (including phenoxy) is 2. The number of methoxy groups -OCH3 is 1. The van der Waals surface area contributed by atoms with Crippen molar-refractivity contribution in [2.75, 3.05) is 31.7 Å². The van der Waals surface area contributed by atoms with E-state index >= 15 is 0 Å². The van der Waals surface area contributed by atoms with Crippen LogP contribution >= 0.6 is 0 Å². The predicted molar refractivity (Wildman–Crippen MR) is 120 cm³/mol. The fraction of sp³-hybridized carbons (Fsp3) is 0.417. The molecular formula is C24H31N3O3. The van der Waals surface area contributed by atoms with Gasteiger partial charge in [0, 0.05) is 31.9 Å². The van der Waals surface area contributed by atoms with Crippen LogP contribution in [0.5, 0.6) is 11.5 Å². The number of rotatable bonds is 8. The maximum atomic E-state index is 12.2. The van der Waals surface area contributed by atoms with Crippen molar-refractivity contribution in [3.8, 4) is 11.5 Å². The number of carbonyl (C=O) groups excluding carboxylic acids is 1. The van der Waals surface area contributed by atoms with E-state index in [-0.39, 0.29) is 5.91 Å². The number of hydrogen-bond acceptors (Lipinski definition) is 5. The maximum absolute atomic E-state index is 12.2. The molecule has 1 aliphatic rings. The summed E-state index contributed by atoms with van der Waals surface area (Å²) in [7, 11) is 1.60. The third-order valence-corrected chi connectivity index (χ3v) is 5.30. The molecule has 1 amide bonds. The van der Waals surface area contributed by atoms with Crippen LogP contribution in [-0.4, -0.2) is 37.7 Å². The van der Waals surface area contributed by atoms with Gasteiger partial charge >= 0.3 is 0 Å². The quantitative estimate of drug-likeness (QED) is 0.667. The van der Waals surface area contributed by atoms with Crippen molar-refractivity contribution in [3.63, 3.8) is 0 Å². The van der Waals surface area contributed by atoms with Crippen LogP contribution in [0, 0.1) is 5.92 Å². The van der Waals surface area contributed by atoms with E-state index in [4.69, 9.17) is 9.47 Å². The first-order chi connectivity index (χ1) is 14.6. The van der Waals surface area contributed by atoms with Gasteiger partial charge < -0.3 is 19.7 Å². The van der Waals surface area contributed by atoms with Gasteiger partial charge in [-0.15, -0.1) is 0 Å². The summed E-state index contributed by atoms with van der Waals surface area (Å²) in [6.45, 7) is 7.37. The molecule has 0 spiro atoms. The zero-order chi connectivity index (χ0) is 21.3. The number of anilines is 1. The smallest absolute Gasteiger partial charge is 0.244 e. The fourth-order valence-corrected chi connectivity index (χ4v) is 3.43. The van der Waals surface area contributed by atoms with E-state index in [9.17, 15) is 4.79 Å². The minimum Gasteiger partial charge on any atom is -0.493 e. The normalized spacial score (nSPS) is 14.7. The van der Waals surface area contributed by atoms with E-state index in [0.29, 0.717) is 24.7 Å². The van der Waals surface area contributed by atoms with E-state index in [1.54, 1.807) is 13.2 Å². The Bertz CT molecular complexity index is 856. The molecule has 0 atom stereocenters. The molecule has 6 nitrogen and oxygen atoms in total. The van der Waals surface area contributed by atoms with Crippen LogP contribution in [0.2, 0.25) is 0 Å². The Balaban J connectivity index is 1.50. The summed E-state index contributed by atoms with van der Waals surface area (Å²) in [6, 6.07) is 9.65. The van der Waals surface area contributed by atoms with E-state index in [0.717, 1.165) is 36.0 Å². The highest BCUT2D eigenvalue weighted by atomic mass is 16.5. The van der Waals surface area contributed by atoms with E-state index in [1.807, 2.05) is 43.5 Å². The number of nitrogens with zero attached hydrogens (tertiary/aromatic N) is 2. The Morgan fingerprint density at radius 2 is 2.03 bits per heavy atom. The second-order valence-corrected chi connectivity index (χ2v) is 7.59. The summed E-state index contributed by atoms with van der Waals surface area (Å²) in [5.74, 6) is 3.00. The van der Waals surface area contributed by atoms with Gasteiger partial charge in [0.05, 0.1) is 13.7 Å². The summed E-state index contributed by atoms with van der Waals surface area (Å²) in [4.78, 5) is 19.1. The zero-order valence-electron chi connectivity index (χ0n) is 18.1. The van der Waals surface area contributed by atoms with Crippen LogP contribution < -0.4 is 19.7 Å². The first kappa shape index (κ1) is 21.7. The predicted octanol–water partition coefficient (Wildman–Crippen LogP) is 4.05. The van der Waals surface area contributed by atoms with Crippen molar-refractivity contribution in [2.45, 2.75) is 33.2 Å². The molecule has 0 saturated carbocycles. The molecule has 0 aliphatic carbocycles. The largest absolute Gasteiger partial charge is 0.493 e. The molecule has 0 bridgehead atoms. The monoisotopic (exact) mass is 409 g/mol. The third-order valence-electron chi connectivity index (χ3n) is 5.30. The van der Waals surface area contributed by atoms with Gasteiger partial charge in [-0.25, -0.2) is 4.98 Å². The molecule has 1 aromatic carbocycles. The SMILES string of the molecule is CCOc1ccc(/C=C/C(=O)NCc2ccc(N3CCC(C)CC3)nc2)cc1OC. The molecule has 1 aliphatic heterocycles. The molecule has 160 valence electrons. The highest BCUT2D eigenvalue weighted by Crippen LogP contribution is 2.28. The van der Waals surface area contributed by atoms with Crippen molar-refractivity contribution < 1.29 is 14.3 Å². The first-order valence-electron chi connectivity index (χ1n) is 10.6. The lowest BCUT2D eigenvalue weighted by atomic mass is 9.99. The standard InChI is InChI=1S/C24H31N3O3/c1-4-30-21-8-5-19(15-22(21)29-3)7-10-24(28)26-17-20-6-9-23(25-16-20)27-13-11-18(2)12-14-27/h5-10,15-16,18H,4,11-14,17H2,1-3H3,(H,26,28)/b10-7+. The van der Waals surface area contributed by atoms with E-state index < -0.39 is 0 Å². The second kappa shape index (κ2) is 10.7. The number of carbonyl (C=O) groups is 1. The summed E-state index contributed by atoms with van der Waals surface area (Å²) < 4.78 is 10.8. The van der Waals surface area contributed by atoms with Crippen LogP contribution in [0.1, 0.15) is 37.8 Å². The van der Waals surface area contributed by atoms with Gasteiger partial charge in [0.1, 0.15) is 5.82 Å². The van der Waals surface area contributed by atoms with Crippen LogP contribution in [0.4, 0.5) is 5.82 Å². The summed E-state index contributed by atoms with van der Waals surface area (Å²) in [6.07, 6.45) is 7.55. The Hall–Kier alpha value is -3.02. The van der Waals surface area contributed by atoms with Gasteiger partial charge in [-0.05, 0) is 61.1 Å². The summed E-state index contributed by atoms with van der Waals surface area (Å²) >= 11 is 0. The molecule has 2 aromatic rings. The summed E-state index contributed by atoms with van der Waals surface area (Å²) in [5, 5.41) is 2.90. The van der Waals surface area contributed by atoms with Crippen LogP contribution in [0.15, 0.2) is 42.6 Å². The van der Waals surface area contributed by atoms with Gasteiger partial charge in [0.2, 0.25) is 5.91 Å². The molecule has 0 radical (unpaired) electrons. The van der Waals surface area contributed by atoms with Crippen LogP contribution in [0.25, 0.3) is 6.08 Å². The van der Waals surface area contributed by atoms with Crippen LogP contribution in [-0.2, 0) is 11.3 Å². The summed E-state index contributed by atoms with van der Waals surface area (Å²) in [5.41, 5.74) is 1.85. The molecule has 1 aromatic heterocycles. The molecule has 2 heterocycles. The lowest BCUT2D eigenvalue weighted by Gasteiger charge is -2.31. The minimum atomic E-state index is -0.156. The molecule has 1 fully saturated rings. The minimum absolute atomic E-state index is 0.156. The molecule has 6 heteroatoms. The molecular weight excluding hydrogens is 378 g/mol. The number of aromatic nitrogens is 1. The number of nitrogens with one attached hydrogen (secondary N) is 1.